The lowest BCUT2D eigenvalue weighted by Gasteiger charge is -2.11. The summed E-state index contributed by atoms with van der Waals surface area (Å²) >= 11 is 0. The van der Waals surface area contributed by atoms with Gasteiger partial charge in [0.25, 0.3) is 0 Å². The Labute approximate surface area is 126 Å². The van der Waals surface area contributed by atoms with E-state index in [-0.39, 0.29) is 5.75 Å². The zero-order valence-corrected chi connectivity index (χ0v) is 13.4. The average molecular weight is 316 g/mol. The molecule has 0 radical (unpaired) electrons. The molecule has 0 bridgehead atoms. The molecule has 120 valence electrons. The van der Waals surface area contributed by atoms with E-state index < -0.39 is 10.0 Å². The van der Waals surface area contributed by atoms with Crippen LogP contribution in [0.15, 0.2) is 27.8 Å². The number of nitrogens with zero attached hydrogens (tertiary/aromatic N) is 1. The van der Waals surface area contributed by atoms with E-state index in [1.54, 1.807) is 20.2 Å². The molecule has 0 fully saturated rings. The van der Waals surface area contributed by atoms with Crippen molar-refractivity contribution in [2.24, 2.45) is 4.99 Å². The predicted molar refractivity (Wildman–Crippen MR) is 83.9 cm³/mol. The lowest BCUT2D eigenvalue weighted by atomic mass is 10.3. The third kappa shape index (κ3) is 7.72. The fraction of sp³-hybridized carbons (Fsp3) is 0.615. The van der Waals surface area contributed by atoms with Gasteiger partial charge in [-0.25, -0.2) is 13.1 Å². The molecule has 0 saturated carbocycles. The minimum absolute atomic E-state index is 0.108. The summed E-state index contributed by atoms with van der Waals surface area (Å²) in [6, 6.07) is 3.79. The van der Waals surface area contributed by atoms with Crippen LogP contribution in [0.3, 0.4) is 0 Å². The maximum absolute atomic E-state index is 11.2. The van der Waals surface area contributed by atoms with Gasteiger partial charge >= 0.3 is 0 Å². The van der Waals surface area contributed by atoms with E-state index >= 15 is 0 Å². The Morgan fingerprint density at radius 3 is 2.67 bits per heavy atom. The van der Waals surface area contributed by atoms with Gasteiger partial charge in [0.15, 0.2) is 5.96 Å². The Morgan fingerprint density at radius 2 is 2.05 bits per heavy atom. The SMILES string of the molecule is CCS(=O)(=O)NCCCNC(=NC)NCCc1ccco1. The zero-order valence-electron chi connectivity index (χ0n) is 12.6. The first-order valence-corrected chi connectivity index (χ1v) is 8.67. The molecule has 8 heteroatoms. The highest BCUT2D eigenvalue weighted by Crippen LogP contribution is 1.99. The molecule has 0 saturated heterocycles. The van der Waals surface area contributed by atoms with Crippen molar-refractivity contribution < 1.29 is 12.8 Å². The summed E-state index contributed by atoms with van der Waals surface area (Å²) < 4.78 is 30.2. The Morgan fingerprint density at radius 1 is 1.29 bits per heavy atom. The molecule has 0 aliphatic heterocycles. The molecule has 3 N–H and O–H groups in total. The number of rotatable bonds is 9. The molecule has 0 spiro atoms. The summed E-state index contributed by atoms with van der Waals surface area (Å²) in [5, 5.41) is 6.29. The molecular formula is C13H24N4O3S. The van der Waals surface area contributed by atoms with E-state index in [0.29, 0.717) is 25.5 Å². The van der Waals surface area contributed by atoms with Crippen LogP contribution in [0.1, 0.15) is 19.1 Å². The fourth-order valence-corrected chi connectivity index (χ4v) is 2.26. The van der Waals surface area contributed by atoms with Crippen LogP contribution in [0, 0.1) is 0 Å². The molecule has 7 nitrogen and oxygen atoms in total. The second-order valence-corrected chi connectivity index (χ2v) is 6.50. The highest BCUT2D eigenvalue weighted by molar-refractivity contribution is 7.89. The summed E-state index contributed by atoms with van der Waals surface area (Å²) in [6.45, 7) is 3.40. The van der Waals surface area contributed by atoms with Gasteiger partial charge in [-0.3, -0.25) is 4.99 Å². The van der Waals surface area contributed by atoms with E-state index in [1.165, 1.54) is 0 Å². The van der Waals surface area contributed by atoms with Gasteiger partial charge in [-0.15, -0.1) is 0 Å². The van der Waals surface area contributed by atoms with Crippen molar-refractivity contribution in [2.45, 2.75) is 19.8 Å². The van der Waals surface area contributed by atoms with Gasteiger partial charge in [-0.2, -0.15) is 0 Å². The van der Waals surface area contributed by atoms with Crippen LogP contribution >= 0.6 is 0 Å². The molecule has 0 aliphatic carbocycles. The fourth-order valence-electron chi connectivity index (χ4n) is 1.60. The second kappa shape index (κ2) is 9.41. The Hall–Kier alpha value is -1.54. The van der Waals surface area contributed by atoms with Crippen molar-refractivity contribution in [1.82, 2.24) is 15.4 Å². The summed E-state index contributed by atoms with van der Waals surface area (Å²) in [7, 11) is -1.40. The summed E-state index contributed by atoms with van der Waals surface area (Å²) in [6.07, 6.45) is 3.13. The monoisotopic (exact) mass is 316 g/mol. The van der Waals surface area contributed by atoms with Gasteiger partial charge in [-0.1, -0.05) is 0 Å². The van der Waals surface area contributed by atoms with Gasteiger partial charge in [0.05, 0.1) is 12.0 Å². The molecular weight excluding hydrogens is 292 g/mol. The van der Waals surface area contributed by atoms with Crippen LogP contribution < -0.4 is 15.4 Å². The summed E-state index contributed by atoms with van der Waals surface area (Å²) in [5.41, 5.74) is 0. The zero-order chi connectivity index (χ0) is 15.6. The Bertz CT molecular complexity index is 512. The van der Waals surface area contributed by atoms with E-state index in [0.717, 1.165) is 18.7 Å². The molecule has 1 rings (SSSR count). The Kier molecular flexibility index (Phi) is 7.84. The van der Waals surface area contributed by atoms with Gasteiger partial charge in [-0.05, 0) is 25.5 Å². The van der Waals surface area contributed by atoms with Crippen LogP contribution in [0.4, 0.5) is 0 Å². The van der Waals surface area contributed by atoms with Crippen molar-refractivity contribution >= 4 is 16.0 Å². The lowest BCUT2D eigenvalue weighted by Crippen LogP contribution is -2.39. The van der Waals surface area contributed by atoms with Crippen LogP contribution in [-0.4, -0.2) is 46.8 Å². The van der Waals surface area contributed by atoms with Crippen molar-refractivity contribution in [1.29, 1.82) is 0 Å². The molecule has 0 aliphatic rings. The lowest BCUT2D eigenvalue weighted by molar-refractivity contribution is 0.506. The Balaban J connectivity index is 2.11. The maximum atomic E-state index is 11.2. The number of guanidine groups is 1. The number of nitrogens with one attached hydrogen (secondary N) is 3. The van der Waals surface area contributed by atoms with E-state index in [2.05, 4.69) is 20.3 Å². The molecule has 0 unspecified atom stereocenters. The highest BCUT2D eigenvalue weighted by atomic mass is 32.2. The third-order valence-corrected chi connectivity index (χ3v) is 4.22. The smallest absolute Gasteiger partial charge is 0.211 e. The highest BCUT2D eigenvalue weighted by Gasteiger charge is 2.04. The summed E-state index contributed by atoms with van der Waals surface area (Å²) in [5.74, 6) is 1.73. The standard InChI is InChI=1S/C13H24N4O3S/c1-3-21(18,19)17-9-5-8-15-13(14-2)16-10-7-12-6-4-11-20-12/h4,6,11,17H,3,5,7-10H2,1-2H3,(H2,14,15,16). The van der Waals surface area contributed by atoms with Crippen LogP contribution in [0.2, 0.25) is 0 Å². The first-order valence-electron chi connectivity index (χ1n) is 7.01. The second-order valence-electron chi connectivity index (χ2n) is 4.41. The molecule has 0 aromatic carbocycles. The van der Waals surface area contributed by atoms with Gasteiger partial charge in [0.1, 0.15) is 5.76 Å². The molecule has 0 atom stereocenters. The predicted octanol–water partition coefficient (Wildman–Crippen LogP) is 0.317. The minimum atomic E-state index is -3.10. The first kappa shape index (κ1) is 17.5. The van der Waals surface area contributed by atoms with Crippen molar-refractivity contribution in [3.63, 3.8) is 0 Å². The number of hydrogen-bond acceptors (Lipinski definition) is 4. The molecule has 21 heavy (non-hydrogen) atoms. The maximum Gasteiger partial charge on any atom is 0.211 e. The quantitative estimate of drug-likeness (QED) is 0.346. The molecule has 1 aromatic heterocycles. The van der Waals surface area contributed by atoms with Gasteiger partial charge < -0.3 is 15.1 Å². The third-order valence-electron chi connectivity index (χ3n) is 2.82. The number of sulfonamides is 1. The van der Waals surface area contributed by atoms with Crippen molar-refractivity contribution in [2.75, 3.05) is 32.4 Å². The van der Waals surface area contributed by atoms with Crippen LogP contribution in [-0.2, 0) is 16.4 Å². The minimum Gasteiger partial charge on any atom is -0.469 e. The molecule has 0 amide bonds. The molecule has 1 heterocycles. The number of aliphatic imine (C=N–C) groups is 1. The van der Waals surface area contributed by atoms with Gasteiger partial charge in [0.2, 0.25) is 10.0 Å². The van der Waals surface area contributed by atoms with Crippen molar-refractivity contribution in [3.05, 3.63) is 24.2 Å². The first-order chi connectivity index (χ1) is 10.1. The summed E-state index contributed by atoms with van der Waals surface area (Å²) in [4.78, 5) is 4.09. The molecule has 1 aromatic rings. The topological polar surface area (TPSA) is 95.7 Å². The number of hydrogen-bond donors (Lipinski definition) is 3. The van der Waals surface area contributed by atoms with Crippen LogP contribution in [0.25, 0.3) is 0 Å². The van der Waals surface area contributed by atoms with E-state index in [9.17, 15) is 8.42 Å². The largest absolute Gasteiger partial charge is 0.469 e. The van der Waals surface area contributed by atoms with Crippen LogP contribution in [0.5, 0.6) is 0 Å². The number of furan rings is 1. The average Bonchev–Trinajstić information content (AvgIpc) is 2.98. The van der Waals surface area contributed by atoms with E-state index in [4.69, 9.17) is 4.42 Å². The normalized spacial score (nSPS) is 12.4. The van der Waals surface area contributed by atoms with Gasteiger partial charge in [0, 0.05) is 33.1 Å². The van der Waals surface area contributed by atoms with E-state index in [1.807, 2.05) is 12.1 Å². The van der Waals surface area contributed by atoms with Crippen molar-refractivity contribution in [3.8, 4) is 0 Å².